The van der Waals surface area contributed by atoms with Crippen LogP contribution in [0.2, 0.25) is 0 Å². The van der Waals surface area contributed by atoms with Crippen LogP contribution in [0.4, 0.5) is 13.2 Å². The summed E-state index contributed by atoms with van der Waals surface area (Å²) in [5.41, 5.74) is 3.92. The third-order valence-corrected chi connectivity index (χ3v) is 3.96. The van der Waals surface area contributed by atoms with Gasteiger partial charge in [-0.15, -0.1) is 13.2 Å². The largest absolute Gasteiger partial charge is 0.573 e. The first-order valence-corrected chi connectivity index (χ1v) is 8.19. The average molecular weight is 361 g/mol. The zero-order valence-electron chi connectivity index (χ0n) is 14.6. The van der Waals surface area contributed by atoms with Gasteiger partial charge in [-0.05, 0) is 73.9 Å². The molecule has 3 aromatic rings. The summed E-state index contributed by atoms with van der Waals surface area (Å²) in [5, 5.41) is 0.862. The van der Waals surface area contributed by atoms with Crippen LogP contribution in [-0.4, -0.2) is 11.3 Å². The van der Waals surface area contributed by atoms with Crippen molar-refractivity contribution in [3.63, 3.8) is 0 Å². The van der Waals surface area contributed by atoms with Gasteiger partial charge in [0.15, 0.2) is 0 Å². The lowest BCUT2D eigenvalue weighted by molar-refractivity contribution is -0.274. The van der Waals surface area contributed by atoms with Crippen LogP contribution in [0.5, 0.6) is 17.2 Å². The summed E-state index contributed by atoms with van der Waals surface area (Å²) in [6, 6.07) is 11.2. The maximum absolute atomic E-state index is 12.2. The number of rotatable bonds is 4. The molecular formula is C20H18F3NO2. The number of halogens is 3. The van der Waals surface area contributed by atoms with Gasteiger partial charge < -0.3 is 9.47 Å². The lowest BCUT2D eigenvalue weighted by Gasteiger charge is -2.13. The predicted molar refractivity (Wildman–Crippen MR) is 93.8 cm³/mol. The van der Waals surface area contributed by atoms with Crippen molar-refractivity contribution in [3.05, 3.63) is 59.3 Å². The van der Waals surface area contributed by atoms with Gasteiger partial charge >= 0.3 is 6.36 Å². The van der Waals surface area contributed by atoms with Gasteiger partial charge in [-0.1, -0.05) is 6.92 Å². The van der Waals surface area contributed by atoms with Crippen molar-refractivity contribution < 1.29 is 22.6 Å². The first kappa shape index (κ1) is 18.0. The summed E-state index contributed by atoms with van der Waals surface area (Å²) in [6.07, 6.45) is -3.87. The van der Waals surface area contributed by atoms with E-state index in [9.17, 15) is 13.2 Å². The highest BCUT2D eigenvalue weighted by Crippen LogP contribution is 2.33. The van der Waals surface area contributed by atoms with E-state index in [1.54, 1.807) is 0 Å². The summed E-state index contributed by atoms with van der Waals surface area (Å²) in [6.45, 7) is 6.00. The minimum absolute atomic E-state index is 0.288. The molecule has 0 radical (unpaired) electrons. The van der Waals surface area contributed by atoms with Crippen molar-refractivity contribution in [3.8, 4) is 17.2 Å². The molecule has 0 amide bonds. The zero-order valence-corrected chi connectivity index (χ0v) is 14.6. The number of aromatic nitrogens is 1. The van der Waals surface area contributed by atoms with Gasteiger partial charge in [-0.3, -0.25) is 4.98 Å². The molecule has 6 heteroatoms. The highest BCUT2D eigenvalue weighted by Gasteiger charge is 2.31. The smallest absolute Gasteiger partial charge is 0.457 e. The molecule has 3 rings (SSSR count). The molecule has 1 aromatic heterocycles. The number of aryl methyl sites for hydroxylation is 3. The van der Waals surface area contributed by atoms with Gasteiger partial charge in [0.2, 0.25) is 0 Å². The van der Waals surface area contributed by atoms with Crippen molar-refractivity contribution in [1.29, 1.82) is 0 Å². The van der Waals surface area contributed by atoms with Crippen molar-refractivity contribution in [2.24, 2.45) is 0 Å². The number of fused-ring (bicyclic) bond motifs is 1. The van der Waals surface area contributed by atoms with E-state index in [2.05, 4.69) is 16.6 Å². The maximum Gasteiger partial charge on any atom is 0.573 e. The molecule has 0 atom stereocenters. The van der Waals surface area contributed by atoms with Crippen LogP contribution in [0.15, 0.2) is 42.5 Å². The zero-order chi connectivity index (χ0) is 18.9. The van der Waals surface area contributed by atoms with E-state index >= 15 is 0 Å². The normalized spacial score (nSPS) is 11.6. The fraction of sp³-hybridized carbons (Fsp3) is 0.250. The van der Waals surface area contributed by atoms with Gasteiger partial charge in [0.05, 0.1) is 5.52 Å². The molecule has 0 aliphatic rings. The van der Waals surface area contributed by atoms with Crippen LogP contribution in [0, 0.1) is 13.8 Å². The molecule has 26 heavy (non-hydrogen) atoms. The monoisotopic (exact) mass is 361 g/mol. The topological polar surface area (TPSA) is 31.4 Å². The summed E-state index contributed by atoms with van der Waals surface area (Å²) in [4.78, 5) is 4.69. The quantitative estimate of drug-likeness (QED) is 0.562. The minimum atomic E-state index is -4.71. The molecule has 3 nitrogen and oxygen atoms in total. The van der Waals surface area contributed by atoms with E-state index in [0.717, 1.165) is 34.1 Å². The van der Waals surface area contributed by atoms with Crippen molar-refractivity contribution in [2.75, 3.05) is 0 Å². The standard InChI is InChI=1S/C20H18F3NO2/c1-4-17-13(3)11-16-18(24-17)9-12(2)10-19(16)25-14-5-7-15(8-6-14)26-20(21,22)23/h5-11H,4H2,1-3H3. The van der Waals surface area contributed by atoms with E-state index in [1.165, 1.54) is 24.3 Å². The Hall–Kier alpha value is -2.76. The number of hydrogen-bond acceptors (Lipinski definition) is 3. The molecule has 0 aliphatic carbocycles. The Morgan fingerprint density at radius 2 is 1.62 bits per heavy atom. The highest BCUT2D eigenvalue weighted by atomic mass is 19.4. The second-order valence-electron chi connectivity index (χ2n) is 6.06. The summed E-state index contributed by atoms with van der Waals surface area (Å²) in [5.74, 6) is 0.746. The number of ether oxygens (including phenoxy) is 2. The molecule has 1 heterocycles. The fourth-order valence-corrected chi connectivity index (χ4v) is 2.80. The molecule has 0 fully saturated rings. The molecule has 136 valence electrons. The van der Waals surface area contributed by atoms with E-state index < -0.39 is 6.36 Å². The average Bonchev–Trinajstić information content (AvgIpc) is 2.55. The molecule has 0 saturated carbocycles. The molecule has 0 unspecified atom stereocenters. The molecule has 0 aliphatic heterocycles. The summed E-state index contributed by atoms with van der Waals surface area (Å²) < 4.78 is 46.5. The van der Waals surface area contributed by atoms with E-state index in [1.807, 2.05) is 32.0 Å². The highest BCUT2D eigenvalue weighted by molar-refractivity contribution is 5.87. The van der Waals surface area contributed by atoms with E-state index in [-0.39, 0.29) is 5.75 Å². The van der Waals surface area contributed by atoms with Crippen LogP contribution in [0.25, 0.3) is 10.9 Å². The number of pyridine rings is 1. The Bertz CT molecular complexity index is 934. The Morgan fingerprint density at radius 1 is 0.962 bits per heavy atom. The minimum Gasteiger partial charge on any atom is -0.457 e. The third kappa shape index (κ3) is 4.07. The van der Waals surface area contributed by atoms with Gasteiger partial charge in [-0.2, -0.15) is 0 Å². The van der Waals surface area contributed by atoms with Crippen molar-refractivity contribution >= 4 is 10.9 Å². The Morgan fingerprint density at radius 3 is 2.23 bits per heavy atom. The molecule has 0 bridgehead atoms. The van der Waals surface area contributed by atoms with Crippen LogP contribution in [-0.2, 0) is 6.42 Å². The molecule has 0 spiro atoms. The van der Waals surface area contributed by atoms with Crippen LogP contribution >= 0.6 is 0 Å². The van der Waals surface area contributed by atoms with Gasteiger partial charge in [0.1, 0.15) is 17.2 Å². The predicted octanol–water partition coefficient (Wildman–Crippen LogP) is 6.10. The Labute approximate surface area is 149 Å². The number of hydrogen-bond donors (Lipinski definition) is 0. The molecular weight excluding hydrogens is 343 g/mol. The second-order valence-corrected chi connectivity index (χ2v) is 6.06. The fourth-order valence-electron chi connectivity index (χ4n) is 2.80. The first-order chi connectivity index (χ1) is 12.2. The Balaban J connectivity index is 1.94. The van der Waals surface area contributed by atoms with Crippen LogP contribution in [0.3, 0.4) is 0 Å². The van der Waals surface area contributed by atoms with Crippen molar-refractivity contribution in [2.45, 2.75) is 33.6 Å². The van der Waals surface area contributed by atoms with Gasteiger partial charge in [0, 0.05) is 11.1 Å². The number of benzene rings is 2. The first-order valence-electron chi connectivity index (χ1n) is 8.19. The van der Waals surface area contributed by atoms with Crippen molar-refractivity contribution in [1.82, 2.24) is 4.98 Å². The summed E-state index contributed by atoms with van der Waals surface area (Å²) >= 11 is 0. The molecule has 0 saturated heterocycles. The second kappa shape index (κ2) is 6.86. The van der Waals surface area contributed by atoms with E-state index in [0.29, 0.717) is 11.5 Å². The number of alkyl halides is 3. The lowest BCUT2D eigenvalue weighted by Crippen LogP contribution is -2.16. The van der Waals surface area contributed by atoms with E-state index in [4.69, 9.17) is 4.74 Å². The summed E-state index contributed by atoms with van der Waals surface area (Å²) in [7, 11) is 0. The van der Waals surface area contributed by atoms with Gasteiger partial charge in [-0.25, -0.2) is 0 Å². The SMILES string of the molecule is CCc1nc2cc(C)cc(Oc3ccc(OC(F)(F)F)cc3)c2cc1C. The number of nitrogens with zero attached hydrogens (tertiary/aromatic N) is 1. The van der Waals surface area contributed by atoms with Crippen LogP contribution in [0.1, 0.15) is 23.7 Å². The molecule has 2 aromatic carbocycles. The molecule has 0 N–H and O–H groups in total. The lowest BCUT2D eigenvalue weighted by atomic mass is 10.1. The third-order valence-electron chi connectivity index (χ3n) is 3.96. The van der Waals surface area contributed by atoms with Crippen LogP contribution < -0.4 is 9.47 Å². The van der Waals surface area contributed by atoms with Gasteiger partial charge in [0.25, 0.3) is 0 Å². The Kier molecular flexibility index (Phi) is 4.76. The maximum atomic E-state index is 12.2.